The van der Waals surface area contributed by atoms with Crippen LogP contribution in [0.3, 0.4) is 0 Å². The number of carbonyl (C=O) groups is 2. The zero-order valence-corrected chi connectivity index (χ0v) is 18.4. The third-order valence-electron chi connectivity index (χ3n) is 5.66. The van der Waals surface area contributed by atoms with Crippen LogP contribution in [0, 0.1) is 0 Å². The van der Waals surface area contributed by atoms with Crippen LogP contribution in [0.4, 0.5) is 5.69 Å². The van der Waals surface area contributed by atoms with E-state index in [0.717, 1.165) is 44.0 Å². The molecule has 162 valence electrons. The first-order valence-corrected chi connectivity index (χ1v) is 11.5. The summed E-state index contributed by atoms with van der Waals surface area (Å²) < 4.78 is 1.18. The van der Waals surface area contributed by atoms with Crippen molar-refractivity contribution in [1.82, 2.24) is 10.2 Å². The number of nitrogens with two attached hydrogens (primary N) is 1. The maximum Gasteiger partial charge on any atom is 0.236 e. The maximum absolute atomic E-state index is 12.1. The number of hydrogen-bond donors (Lipinski definition) is 2. The van der Waals surface area contributed by atoms with Crippen LogP contribution in [0.5, 0.6) is 0 Å². The van der Waals surface area contributed by atoms with Gasteiger partial charge >= 0.3 is 0 Å². The molecule has 2 heterocycles. The molecule has 3 aromatic rings. The van der Waals surface area contributed by atoms with Gasteiger partial charge < -0.3 is 16.0 Å². The molecule has 1 aromatic heterocycles. The van der Waals surface area contributed by atoms with E-state index in [1.165, 1.54) is 21.3 Å². The minimum Gasteiger partial charge on any atom is -0.368 e. The Morgan fingerprint density at radius 3 is 2.52 bits per heavy atom. The molecule has 7 heteroatoms. The first-order valence-electron chi connectivity index (χ1n) is 10.7. The molecule has 1 aliphatic rings. The highest BCUT2D eigenvalue weighted by atomic mass is 32.1. The van der Waals surface area contributed by atoms with Gasteiger partial charge in [0.25, 0.3) is 0 Å². The lowest BCUT2D eigenvalue weighted by Crippen LogP contribution is -2.47. The van der Waals surface area contributed by atoms with Gasteiger partial charge in [0.2, 0.25) is 11.8 Å². The van der Waals surface area contributed by atoms with E-state index in [1.54, 1.807) is 11.3 Å². The second kappa shape index (κ2) is 9.94. The Labute approximate surface area is 186 Å². The van der Waals surface area contributed by atoms with E-state index < -0.39 is 5.91 Å². The number of thiophene rings is 1. The minimum atomic E-state index is -0.533. The Hall–Kier alpha value is -2.90. The van der Waals surface area contributed by atoms with Gasteiger partial charge in [-0.15, -0.1) is 11.3 Å². The van der Waals surface area contributed by atoms with E-state index in [9.17, 15) is 9.59 Å². The number of rotatable bonds is 8. The van der Waals surface area contributed by atoms with Gasteiger partial charge in [-0.25, -0.2) is 0 Å². The van der Waals surface area contributed by atoms with E-state index in [-0.39, 0.29) is 18.9 Å². The molecular weight excluding hydrogens is 408 g/mol. The third-order valence-corrected chi connectivity index (χ3v) is 6.76. The molecule has 2 amide bonds. The number of nitrogens with zero attached hydrogens (tertiary/aromatic N) is 2. The Morgan fingerprint density at radius 2 is 1.77 bits per heavy atom. The first kappa shape index (κ1) is 21.3. The number of anilines is 1. The highest BCUT2D eigenvalue weighted by Gasteiger charge is 2.19. The fraction of sp³-hybridized carbons (Fsp3) is 0.333. The predicted octanol–water partition coefficient (Wildman–Crippen LogP) is 2.41. The van der Waals surface area contributed by atoms with Crippen molar-refractivity contribution in [2.24, 2.45) is 5.73 Å². The topological polar surface area (TPSA) is 78.7 Å². The van der Waals surface area contributed by atoms with Crippen LogP contribution in [0.15, 0.2) is 54.6 Å². The molecule has 0 atom stereocenters. The fourth-order valence-electron chi connectivity index (χ4n) is 4.01. The molecule has 0 spiro atoms. The number of primary amides is 1. The average molecular weight is 437 g/mol. The number of carbonyl (C=O) groups excluding carboxylic acids is 2. The molecule has 0 radical (unpaired) electrons. The van der Waals surface area contributed by atoms with Crippen LogP contribution in [0.1, 0.15) is 10.4 Å². The second-order valence-electron chi connectivity index (χ2n) is 7.89. The SMILES string of the molecule is NC(=O)CNC(=O)Cc1cc2c(N3CCN(CCc4ccccc4)CC3)cccc2s1. The van der Waals surface area contributed by atoms with Crippen molar-refractivity contribution in [2.45, 2.75) is 12.8 Å². The predicted molar refractivity (Wildman–Crippen MR) is 127 cm³/mol. The summed E-state index contributed by atoms with van der Waals surface area (Å²) in [7, 11) is 0. The van der Waals surface area contributed by atoms with Crippen LogP contribution >= 0.6 is 11.3 Å². The number of nitrogens with one attached hydrogen (secondary N) is 1. The molecular formula is C24H28N4O2S. The van der Waals surface area contributed by atoms with Gasteiger partial charge in [0.05, 0.1) is 13.0 Å². The van der Waals surface area contributed by atoms with Gasteiger partial charge in [-0.2, -0.15) is 0 Å². The van der Waals surface area contributed by atoms with Gasteiger partial charge in [0.1, 0.15) is 0 Å². The van der Waals surface area contributed by atoms with Crippen LogP contribution in [0.25, 0.3) is 10.1 Å². The van der Waals surface area contributed by atoms with Gasteiger partial charge in [0, 0.05) is 53.4 Å². The van der Waals surface area contributed by atoms with Crippen LogP contribution in [-0.2, 0) is 22.4 Å². The van der Waals surface area contributed by atoms with Crippen molar-refractivity contribution in [3.05, 3.63) is 65.0 Å². The molecule has 0 unspecified atom stereocenters. The second-order valence-corrected chi connectivity index (χ2v) is 9.05. The first-order chi connectivity index (χ1) is 15.1. The maximum atomic E-state index is 12.1. The molecule has 0 saturated carbocycles. The summed E-state index contributed by atoms with van der Waals surface area (Å²) in [5.41, 5.74) is 7.72. The fourth-order valence-corrected chi connectivity index (χ4v) is 5.09. The molecule has 6 nitrogen and oxygen atoms in total. The Balaban J connectivity index is 1.36. The van der Waals surface area contributed by atoms with Crippen molar-refractivity contribution in [3.8, 4) is 0 Å². The van der Waals surface area contributed by atoms with Gasteiger partial charge in [0.15, 0.2) is 0 Å². The molecule has 31 heavy (non-hydrogen) atoms. The number of piperazine rings is 1. The van der Waals surface area contributed by atoms with Crippen molar-refractivity contribution in [1.29, 1.82) is 0 Å². The van der Waals surface area contributed by atoms with E-state index in [1.807, 2.05) is 0 Å². The lowest BCUT2D eigenvalue weighted by molar-refractivity contribution is -0.124. The monoisotopic (exact) mass is 436 g/mol. The Morgan fingerprint density at radius 1 is 1.00 bits per heavy atom. The van der Waals surface area contributed by atoms with E-state index in [2.05, 4.69) is 69.7 Å². The zero-order valence-electron chi connectivity index (χ0n) is 17.5. The van der Waals surface area contributed by atoms with Crippen LogP contribution < -0.4 is 16.0 Å². The standard InChI is InChI=1S/C24H28N4O2S/c25-23(29)17-26-24(30)16-19-15-20-21(7-4-8-22(20)31-19)28-13-11-27(12-14-28)10-9-18-5-2-1-3-6-18/h1-8,15H,9-14,16-17H2,(H2,25,29)(H,26,30). The van der Waals surface area contributed by atoms with Gasteiger partial charge in [-0.05, 0) is 30.2 Å². The number of benzene rings is 2. The number of hydrogen-bond acceptors (Lipinski definition) is 5. The van der Waals surface area contributed by atoms with Crippen molar-refractivity contribution >= 4 is 38.9 Å². The molecule has 0 bridgehead atoms. The van der Waals surface area contributed by atoms with E-state index in [4.69, 9.17) is 5.73 Å². The highest BCUT2D eigenvalue weighted by molar-refractivity contribution is 7.19. The van der Waals surface area contributed by atoms with Crippen molar-refractivity contribution in [3.63, 3.8) is 0 Å². The normalized spacial score (nSPS) is 14.6. The lowest BCUT2D eigenvalue weighted by Gasteiger charge is -2.36. The van der Waals surface area contributed by atoms with Crippen LogP contribution in [0.2, 0.25) is 0 Å². The third kappa shape index (κ3) is 5.62. The Kier molecular flexibility index (Phi) is 6.84. The summed E-state index contributed by atoms with van der Waals surface area (Å²) >= 11 is 1.63. The summed E-state index contributed by atoms with van der Waals surface area (Å²) in [6.07, 6.45) is 1.35. The number of fused-ring (bicyclic) bond motifs is 1. The van der Waals surface area contributed by atoms with Gasteiger partial charge in [-0.3, -0.25) is 14.5 Å². The number of amides is 2. The summed E-state index contributed by atoms with van der Waals surface area (Å²) in [4.78, 5) is 28.9. The summed E-state index contributed by atoms with van der Waals surface area (Å²) in [5, 5.41) is 3.76. The van der Waals surface area contributed by atoms with Crippen LogP contribution in [-0.4, -0.2) is 56.0 Å². The quantitative estimate of drug-likeness (QED) is 0.568. The molecule has 4 rings (SSSR count). The molecule has 1 fully saturated rings. The molecule has 1 aliphatic heterocycles. The largest absolute Gasteiger partial charge is 0.368 e. The Bertz CT molecular complexity index is 1040. The lowest BCUT2D eigenvalue weighted by atomic mass is 10.1. The highest BCUT2D eigenvalue weighted by Crippen LogP contribution is 2.34. The van der Waals surface area contributed by atoms with Gasteiger partial charge in [-0.1, -0.05) is 36.4 Å². The van der Waals surface area contributed by atoms with E-state index >= 15 is 0 Å². The summed E-state index contributed by atoms with van der Waals surface area (Å²) in [6, 6.07) is 19.1. The van der Waals surface area contributed by atoms with E-state index in [0.29, 0.717) is 0 Å². The summed E-state index contributed by atoms with van der Waals surface area (Å²) in [6.45, 7) is 5.07. The molecule has 1 saturated heterocycles. The van der Waals surface area contributed by atoms with Crippen molar-refractivity contribution in [2.75, 3.05) is 44.2 Å². The minimum absolute atomic E-state index is 0.121. The molecule has 0 aliphatic carbocycles. The molecule has 3 N–H and O–H groups in total. The average Bonchev–Trinajstić information content (AvgIpc) is 3.20. The zero-order chi connectivity index (χ0) is 21.6. The molecule has 2 aromatic carbocycles. The smallest absolute Gasteiger partial charge is 0.236 e. The van der Waals surface area contributed by atoms with Crippen molar-refractivity contribution < 1.29 is 9.59 Å². The summed E-state index contributed by atoms with van der Waals surface area (Å²) in [5.74, 6) is -0.714.